The Kier molecular flexibility index (Phi) is 4.24. The van der Waals surface area contributed by atoms with Crippen molar-refractivity contribution < 1.29 is 4.74 Å². The zero-order valence-electron chi connectivity index (χ0n) is 12.3. The fraction of sp³-hybridized carbons (Fsp3) is 0.714. The van der Waals surface area contributed by atoms with Crippen molar-refractivity contribution in [2.24, 2.45) is 0 Å². The summed E-state index contributed by atoms with van der Waals surface area (Å²) < 4.78 is 5.43. The van der Waals surface area contributed by atoms with E-state index in [9.17, 15) is 0 Å². The summed E-state index contributed by atoms with van der Waals surface area (Å²) in [6.45, 7) is 10.8. The highest BCUT2D eigenvalue weighted by Gasteiger charge is 2.28. The van der Waals surface area contributed by atoms with E-state index < -0.39 is 0 Å². The maximum Gasteiger partial charge on any atom is 0.135 e. The Bertz CT molecular complexity index is 441. The van der Waals surface area contributed by atoms with Crippen molar-refractivity contribution in [2.45, 2.75) is 46.1 Å². The van der Waals surface area contributed by atoms with Crippen LogP contribution >= 0.6 is 0 Å². The zero-order chi connectivity index (χ0) is 13.9. The Balaban J connectivity index is 2.23. The van der Waals surface area contributed by atoms with E-state index in [1.807, 2.05) is 6.92 Å². The predicted octanol–water partition coefficient (Wildman–Crippen LogP) is 2.51. The minimum Gasteiger partial charge on any atom is -0.381 e. The number of anilines is 2. The van der Waals surface area contributed by atoms with Gasteiger partial charge in [-0.25, -0.2) is 9.97 Å². The van der Waals surface area contributed by atoms with E-state index in [1.165, 1.54) is 0 Å². The maximum atomic E-state index is 5.43. The molecule has 106 valence electrons. The smallest absolute Gasteiger partial charge is 0.135 e. The van der Waals surface area contributed by atoms with Crippen LogP contribution in [0.4, 0.5) is 11.6 Å². The molecule has 0 spiro atoms. The molecule has 2 rings (SSSR count). The molecule has 0 saturated carbocycles. The van der Waals surface area contributed by atoms with Crippen LogP contribution in [0.1, 0.15) is 38.1 Å². The second kappa shape index (κ2) is 5.74. The third-order valence-electron chi connectivity index (χ3n) is 3.62. The third-order valence-corrected chi connectivity index (χ3v) is 3.62. The summed E-state index contributed by atoms with van der Waals surface area (Å²) >= 11 is 0. The summed E-state index contributed by atoms with van der Waals surface area (Å²) in [5.41, 5.74) is 1.15. The highest BCUT2D eigenvalue weighted by atomic mass is 16.5. The van der Waals surface area contributed by atoms with Gasteiger partial charge < -0.3 is 15.4 Å². The molecule has 0 radical (unpaired) electrons. The van der Waals surface area contributed by atoms with Gasteiger partial charge in [0, 0.05) is 30.9 Å². The fourth-order valence-corrected chi connectivity index (χ4v) is 2.32. The molecule has 1 saturated heterocycles. The average molecular weight is 264 g/mol. The first-order valence-corrected chi connectivity index (χ1v) is 6.99. The van der Waals surface area contributed by atoms with Crippen LogP contribution in [0.15, 0.2) is 0 Å². The van der Waals surface area contributed by atoms with E-state index in [0.29, 0.717) is 0 Å². The van der Waals surface area contributed by atoms with Gasteiger partial charge in [-0.2, -0.15) is 0 Å². The van der Waals surface area contributed by atoms with Gasteiger partial charge in [-0.1, -0.05) is 0 Å². The van der Waals surface area contributed by atoms with Crippen molar-refractivity contribution in [1.29, 1.82) is 0 Å². The predicted molar refractivity (Wildman–Crippen MR) is 77.8 cm³/mol. The average Bonchev–Trinajstić information content (AvgIpc) is 2.36. The molecule has 5 nitrogen and oxygen atoms in total. The van der Waals surface area contributed by atoms with E-state index in [-0.39, 0.29) is 5.54 Å². The first-order chi connectivity index (χ1) is 9.04. The summed E-state index contributed by atoms with van der Waals surface area (Å²) in [4.78, 5) is 9.00. The van der Waals surface area contributed by atoms with Crippen LogP contribution in [0.25, 0.3) is 0 Å². The third kappa shape index (κ3) is 3.35. The largest absolute Gasteiger partial charge is 0.381 e. The van der Waals surface area contributed by atoms with Crippen LogP contribution in [-0.4, -0.2) is 35.3 Å². The first kappa shape index (κ1) is 14.1. The van der Waals surface area contributed by atoms with Gasteiger partial charge in [0.1, 0.15) is 17.5 Å². The molecule has 0 bridgehead atoms. The number of ether oxygens (including phenoxy) is 1. The molecular formula is C14H24N4O. The lowest BCUT2D eigenvalue weighted by Gasteiger charge is -2.35. The number of hydrogen-bond donors (Lipinski definition) is 2. The molecule has 1 aromatic rings. The molecule has 2 heterocycles. The second-order valence-corrected chi connectivity index (χ2v) is 5.42. The summed E-state index contributed by atoms with van der Waals surface area (Å²) in [6.07, 6.45) is 2.01. The number of aromatic nitrogens is 2. The van der Waals surface area contributed by atoms with Crippen LogP contribution in [-0.2, 0) is 4.74 Å². The minimum absolute atomic E-state index is 0.0628. The molecule has 0 amide bonds. The normalized spacial score (nSPS) is 18.1. The van der Waals surface area contributed by atoms with Crippen LogP contribution in [0.3, 0.4) is 0 Å². The molecule has 0 aliphatic carbocycles. The van der Waals surface area contributed by atoms with Gasteiger partial charge in [0.15, 0.2) is 0 Å². The molecule has 5 heteroatoms. The van der Waals surface area contributed by atoms with E-state index in [1.54, 1.807) is 0 Å². The van der Waals surface area contributed by atoms with Crippen molar-refractivity contribution in [2.75, 3.05) is 30.4 Å². The van der Waals surface area contributed by atoms with Crippen LogP contribution in [0.5, 0.6) is 0 Å². The van der Waals surface area contributed by atoms with Gasteiger partial charge in [0.05, 0.1) is 0 Å². The molecule has 0 atom stereocenters. The van der Waals surface area contributed by atoms with Gasteiger partial charge in [-0.05, 0) is 40.5 Å². The monoisotopic (exact) mass is 264 g/mol. The summed E-state index contributed by atoms with van der Waals surface area (Å²) in [5.74, 6) is 2.65. The lowest BCUT2D eigenvalue weighted by atomic mass is 9.92. The number of hydrogen-bond acceptors (Lipinski definition) is 5. The maximum absolute atomic E-state index is 5.43. The first-order valence-electron chi connectivity index (χ1n) is 6.99. The highest BCUT2D eigenvalue weighted by molar-refractivity contribution is 5.58. The van der Waals surface area contributed by atoms with Crippen molar-refractivity contribution in [1.82, 2.24) is 9.97 Å². The molecule has 1 aromatic heterocycles. The molecule has 1 aliphatic rings. The Morgan fingerprint density at radius 1 is 1.16 bits per heavy atom. The topological polar surface area (TPSA) is 59.1 Å². The number of aryl methyl sites for hydroxylation is 1. The summed E-state index contributed by atoms with van der Waals surface area (Å²) in [6, 6.07) is 0. The molecule has 0 unspecified atom stereocenters. The molecule has 19 heavy (non-hydrogen) atoms. The van der Waals surface area contributed by atoms with E-state index in [0.717, 1.165) is 55.6 Å². The van der Waals surface area contributed by atoms with Crippen molar-refractivity contribution in [3.05, 3.63) is 11.4 Å². The van der Waals surface area contributed by atoms with E-state index >= 15 is 0 Å². The van der Waals surface area contributed by atoms with Crippen LogP contribution in [0.2, 0.25) is 0 Å². The Morgan fingerprint density at radius 2 is 1.79 bits per heavy atom. The van der Waals surface area contributed by atoms with E-state index in [4.69, 9.17) is 4.74 Å². The summed E-state index contributed by atoms with van der Waals surface area (Å²) in [5, 5.41) is 6.89. The lowest BCUT2D eigenvalue weighted by molar-refractivity contribution is 0.0657. The van der Waals surface area contributed by atoms with Crippen LogP contribution in [0, 0.1) is 13.8 Å². The fourth-order valence-electron chi connectivity index (χ4n) is 2.32. The van der Waals surface area contributed by atoms with Crippen LogP contribution < -0.4 is 10.6 Å². The van der Waals surface area contributed by atoms with Gasteiger partial charge in [-0.3, -0.25) is 0 Å². The van der Waals surface area contributed by atoms with Gasteiger partial charge >= 0.3 is 0 Å². The Morgan fingerprint density at radius 3 is 2.42 bits per heavy atom. The Hall–Kier alpha value is -1.36. The number of nitrogens with one attached hydrogen (secondary N) is 2. The zero-order valence-corrected chi connectivity index (χ0v) is 12.3. The van der Waals surface area contributed by atoms with E-state index in [2.05, 4.69) is 41.4 Å². The minimum atomic E-state index is 0.0628. The summed E-state index contributed by atoms with van der Waals surface area (Å²) in [7, 11) is 0. The van der Waals surface area contributed by atoms with Gasteiger partial charge in [-0.15, -0.1) is 0 Å². The SMILES string of the molecule is CCNc1nc(C)nc(NC2(C)CCOCC2)c1C. The Labute approximate surface area is 115 Å². The number of rotatable bonds is 4. The quantitative estimate of drug-likeness (QED) is 0.875. The standard InChI is InChI=1S/C14H24N4O/c1-5-15-12-10(2)13(17-11(3)16-12)18-14(4)6-8-19-9-7-14/h5-9H2,1-4H3,(H2,15,16,17,18). The second-order valence-electron chi connectivity index (χ2n) is 5.42. The van der Waals surface area contributed by atoms with Crippen molar-refractivity contribution >= 4 is 11.6 Å². The molecule has 0 aromatic carbocycles. The lowest BCUT2D eigenvalue weighted by Crippen LogP contribution is -2.41. The number of nitrogens with zero attached hydrogens (tertiary/aromatic N) is 2. The van der Waals surface area contributed by atoms with Crippen molar-refractivity contribution in [3.8, 4) is 0 Å². The highest BCUT2D eigenvalue weighted by Crippen LogP contribution is 2.28. The van der Waals surface area contributed by atoms with Gasteiger partial charge in [0.2, 0.25) is 0 Å². The van der Waals surface area contributed by atoms with Gasteiger partial charge in [0.25, 0.3) is 0 Å². The molecule has 1 fully saturated rings. The molecule has 1 aliphatic heterocycles. The van der Waals surface area contributed by atoms with Crippen molar-refractivity contribution in [3.63, 3.8) is 0 Å². The molecular weight excluding hydrogens is 240 g/mol. The molecule has 2 N–H and O–H groups in total.